The molecule has 0 aromatic carbocycles. The molecule has 10 heteroatoms. The van der Waals surface area contributed by atoms with E-state index < -0.39 is 22.3 Å². The van der Waals surface area contributed by atoms with Crippen LogP contribution < -0.4 is 5.73 Å². The standard InChI is InChI=1S/C27H52N4O6/c1-11-31(18-23(34)37-26(8,9)10)27(12-13-28)19-29(16-21(32)35-24(2,3)4)14-15-30(20-27)17-22(33)36-25(5,6)7/h11-20,28H2,1-10H3. The van der Waals surface area contributed by atoms with E-state index in [9.17, 15) is 14.4 Å². The Morgan fingerprint density at radius 1 is 0.757 bits per heavy atom. The molecule has 0 bridgehead atoms. The van der Waals surface area contributed by atoms with E-state index in [0.29, 0.717) is 45.7 Å². The van der Waals surface area contributed by atoms with E-state index in [0.717, 1.165) is 0 Å². The molecule has 1 aliphatic rings. The molecule has 216 valence electrons. The highest BCUT2D eigenvalue weighted by Crippen LogP contribution is 2.27. The Kier molecular flexibility index (Phi) is 12.0. The third-order valence-corrected chi connectivity index (χ3v) is 5.72. The Morgan fingerprint density at radius 3 is 1.46 bits per heavy atom. The molecule has 2 N–H and O–H groups in total. The van der Waals surface area contributed by atoms with Crippen LogP contribution in [0.4, 0.5) is 0 Å². The molecule has 1 heterocycles. The number of nitrogens with zero attached hydrogens (tertiary/aromatic N) is 3. The number of likely N-dealkylation sites (N-methyl/N-ethyl adjacent to an activating group) is 1. The molecular formula is C27H52N4O6. The van der Waals surface area contributed by atoms with Crippen LogP contribution in [0.1, 0.15) is 75.7 Å². The van der Waals surface area contributed by atoms with Crippen molar-refractivity contribution < 1.29 is 28.6 Å². The van der Waals surface area contributed by atoms with Gasteiger partial charge in [0.15, 0.2) is 0 Å². The normalized spacial score (nSPS) is 17.8. The van der Waals surface area contributed by atoms with Crippen LogP contribution in [-0.4, -0.2) is 114 Å². The number of nitrogens with two attached hydrogens (primary N) is 1. The average Bonchev–Trinajstić information content (AvgIpc) is 2.81. The van der Waals surface area contributed by atoms with E-state index >= 15 is 0 Å². The first kappa shape index (κ1) is 33.3. The fourth-order valence-electron chi connectivity index (χ4n) is 4.64. The van der Waals surface area contributed by atoms with Gasteiger partial charge in [0.05, 0.1) is 19.6 Å². The van der Waals surface area contributed by atoms with E-state index in [2.05, 4.69) is 4.90 Å². The topological polar surface area (TPSA) is 115 Å². The lowest BCUT2D eigenvalue weighted by Gasteiger charge is -2.46. The summed E-state index contributed by atoms with van der Waals surface area (Å²) >= 11 is 0. The Balaban J connectivity index is 3.30. The van der Waals surface area contributed by atoms with Gasteiger partial charge in [-0.3, -0.25) is 29.1 Å². The summed E-state index contributed by atoms with van der Waals surface area (Å²) in [5.41, 5.74) is 3.73. The molecule has 37 heavy (non-hydrogen) atoms. The van der Waals surface area contributed by atoms with Crippen molar-refractivity contribution in [3.63, 3.8) is 0 Å². The molecule has 0 atom stereocenters. The second-order valence-corrected chi connectivity index (χ2v) is 13.0. The highest BCUT2D eigenvalue weighted by atomic mass is 16.6. The van der Waals surface area contributed by atoms with Crippen LogP contribution in [0.2, 0.25) is 0 Å². The van der Waals surface area contributed by atoms with Crippen molar-refractivity contribution in [3.05, 3.63) is 0 Å². The fourth-order valence-corrected chi connectivity index (χ4v) is 4.64. The van der Waals surface area contributed by atoms with Crippen molar-refractivity contribution in [1.82, 2.24) is 14.7 Å². The van der Waals surface area contributed by atoms with Crippen molar-refractivity contribution in [1.29, 1.82) is 0 Å². The Bertz CT molecular complexity index is 726. The predicted molar refractivity (Wildman–Crippen MR) is 144 cm³/mol. The second-order valence-electron chi connectivity index (χ2n) is 13.0. The Labute approximate surface area is 224 Å². The van der Waals surface area contributed by atoms with Crippen molar-refractivity contribution in [2.45, 2.75) is 98.0 Å². The summed E-state index contributed by atoms with van der Waals surface area (Å²) in [5.74, 6) is -0.956. The smallest absolute Gasteiger partial charge is 0.320 e. The maximum atomic E-state index is 12.9. The minimum absolute atomic E-state index is 0.0777. The molecular weight excluding hydrogens is 476 g/mol. The summed E-state index contributed by atoms with van der Waals surface area (Å²) in [6, 6.07) is 0. The summed E-state index contributed by atoms with van der Waals surface area (Å²) in [5, 5.41) is 0. The molecule has 0 radical (unpaired) electrons. The zero-order chi connectivity index (χ0) is 28.7. The number of hydrogen-bond donors (Lipinski definition) is 1. The molecule has 0 aromatic rings. The maximum absolute atomic E-state index is 12.9. The van der Waals surface area contributed by atoms with Crippen molar-refractivity contribution in [3.8, 4) is 0 Å². The lowest BCUT2D eigenvalue weighted by Crippen LogP contribution is -2.62. The molecule has 0 saturated carbocycles. The summed E-state index contributed by atoms with van der Waals surface area (Å²) in [4.78, 5) is 44.5. The SMILES string of the molecule is CCN(CC(=O)OC(C)(C)C)C1(CCN)CN(CC(=O)OC(C)(C)C)CCN(CC(=O)OC(C)(C)C)C1. The molecule has 1 fully saturated rings. The van der Waals surface area contributed by atoms with Gasteiger partial charge in [0.25, 0.3) is 0 Å². The van der Waals surface area contributed by atoms with Crippen LogP contribution in [0.5, 0.6) is 0 Å². The van der Waals surface area contributed by atoms with Gasteiger partial charge >= 0.3 is 17.9 Å². The quantitative estimate of drug-likeness (QED) is 0.334. The molecule has 0 spiro atoms. The summed E-state index contributed by atoms with van der Waals surface area (Å²) in [6.07, 6.45) is 0.569. The van der Waals surface area contributed by atoms with Crippen molar-refractivity contribution in [2.75, 3.05) is 58.9 Å². The molecule has 0 aromatic heterocycles. The first-order chi connectivity index (χ1) is 16.8. The van der Waals surface area contributed by atoms with Gasteiger partial charge < -0.3 is 19.9 Å². The summed E-state index contributed by atoms with van der Waals surface area (Å²) in [6.45, 7) is 21.9. The van der Waals surface area contributed by atoms with Crippen LogP contribution in [-0.2, 0) is 28.6 Å². The average molecular weight is 529 g/mol. The molecule has 0 amide bonds. The molecule has 1 rings (SSSR count). The number of carbonyl (C=O) groups is 3. The third-order valence-electron chi connectivity index (χ3n) is 5.72. The largest absolute Gasteiger partial charge is 0.459 e. The lowest BCUT2D eigenvalue weighted by atomic mass is 9.91. The maximum Gasteiger partial charge on any atom is 0.320 e. The highest BCUT2D eigenvalue weighted by Gasteiger charge is 2.43. The first-order valence-electron chi connectivity index (χ1n) is 13.3. The van der Waals surface area contributed by atoms with Gasteiger partial charge in [-0.1, -0.05) is 6.92 Å². The van der Waals surface area contributed by atoms with Crippen LogP contribution in [0.15, 0.2) is 0 Å². The molecule has 0 aliphatic carbocycles. The van der Waals surface area contributed by atoms with Gasteiger partial charge in [0, 0.05) is 31.7 Å². The van der Waals surface area contributed by atoms with E-state index in [-0.39, 0.29) is 37.5 Å². The van der Waals surface area contributed by atoms with E-state index in [1.54, 1.807) is 0 Å². The first-order valence-corrected chi connectivity index (χ1v) is 13.3. The summed E-state index contributed by atoms with van der Waals surface area (Å²) < 4.78 is 16.8. The number of rotatable bonds is 10. The van der Waals surface area contributed by atoms with Crippen LogP contribution in [0.25, 0.3) is 0 Å². The van der Waals surface area contributed by atoms with Crippen LogP contribution in [0, 0.1) is 0 Å². The highest BCUT2D eigenvalue weighted by molar-refractivity contribution is 5.73. The Morgan fingerprint density at radius 2 is 1.14 bits per heavy atom. The monoisotopic (exact) mass is 528 g/mol. The van der Waals surface area contributed by atoms with Gasteiger partial charge in [-0.2, -0.15) is 0 Å². The number of carbonyl (C=O) groups excluding carboxylic acids is 3. The fraction of sp³-hybridized carbons (Fsp3) is 0.889. The predicted octanol–water partition coefficient (Wildman–Crippen LogP) is 2.04. The zero-order valence-corrected chi connectivity index (χ0v) is 24.9. The van der Waals surface area contributed by atoms with Crippen molar-refractivity contribution >= 4 is 17.9 Å². The number of esters is 3. The summed E-state index contributed by atoms with van der Waals surface area (Å²) in [7, 11) is 0. The minimum Gasteiger partial charge on any atom is -0.459 e. The van der Waals surface area contributed by atoms with Crippen LogP contribution >= 0.6 is 0 Å². The van der Waals surface area contributed by atoms with Gasteiger partial charge in [0.1, 0.15) is 16.8 Å². The number of hydrogen-bond acceptors (Lipinski definition) is 10. The van der Waals surface area contributed by atoms with E-state index in [4.69, 9.17) is 19.9 Å². The van der Waals surface area contributed by atoms with E-state index in [1.165, 1.54) is 0 Å². The molecule has 10 nitrogen and oxygen atoms in total. The van der Waals surface area contributed by atoms with Crippen LogP contribution in [0.3, 0.4) is 0 Å². The number of ether oxygens (including phenoxy) is 3. The second kappa shape index (κ2) is 13.4. The van der Waals surface area contributed by atoms with Gasteiger partial charge in [0.2, 0.25) is 0 Å². The third kappa shape index (κ3) is 13.0. The molecule has 1 saturated heterocycles. The molecule has 1 aliphatic heterocycles. The zero-order valence-electron chi connectivity index (χ0n) is 24.9. The van der Waals surface area contributed by atoms with Gasteiger partial charge in [-0.25, -0.2) is 0 Å². The minimum atomic E-state index is -0.605. The van der Waals surface area contributed by atoms with Gasteiger partial charge in [-0.15, -0.1) is 0 Å². The lowest BCUT2D eigenvalue weighted by molar-refractivity contribution is -0.160. The molecule has 0 unspecified atom stereocenters. The van der Waals surface area contributed by atoms with E-state index in [1.807, 2.05) is 79.0 Å². The van der Waals surface area contributed by atoms with Crippen molar-refractivity contribution in [2.24, 2.45) is 5.73 Å². The van der Waals surface area contributed by atoms with Gasteiger partial charge in [-0.05, 0) is 81.8 Å². The Hall–Kier alpha value is -1.75.